The number of hydrogen-bond acceptors (Lipinski definition) is 5. The van der Waals surface area contributed by atoms with E-state index in [0.717, 1.165) is 41.7 Å². The average Bonchev–Trinajstić information content (AvgIpc) is 3.60. The van der Waals surface area contributed by atoms with Crippen LogP contribution < -0.4 is 0 Å². The molecule has 0 aliphatic heterocycles. The Kier molecular flexibility index (Phi) is 7.49. The molecule has 7 heteroatoms. The Balaban J connectivity index is 1.53. The van der Waals surface area contributed by atoms with Crippen molar-refractivity contribution in [2.75, 3.05) is 0 Å². The monoisotopic (exact) mass is 498 g/mol. The summed E-state index contributed by atoms with van der Waals surface area (Å²) >= 11 is 0. The van der Waals surface area contributed by atoms with Crippen LogP contribution in [0.15, 0.2) is 60.8 Å². The van der Waals surface area contributed by atoms with Gasteiger partial charge in [0.1, 0.15) is 5.60 Å². The average molecular weight is 499 g/mol. The van der Waals surface area contributed by atoms with E-state index >= 15 is 0 Å². The topological polar surface area (TPSA) is 88.2 Å². The molecule has 1 fully saturated rings. The number of nitrogens with zero attached hydrogens (tertiary/aromatic N) is 4. The van der Waals surface area contributed by atoms with Gasteiger partial charge in [0.05, 0.1) is 11.8 Å². The molecule has 37 heavy (non-hydrogen) atoms. The minimum atomic E-state index is -0.595. The summed E-state index contributed by atoms with van der Waals surface area (Å²) in [5.41, 5.74) is 4.21. The van der Waals surface area contributed by atoms with Crippen molar-refractivity contribution in [1.82, 2.24) is 14.7 Å². The molecule has 1 atom stereocenters. The lowest BCUT2D eigenvalue weighted by molar-refractivity contribution is 0.0513. The number of allylic oxidation sites excluding steroid dienone is 5. The third-order valence-corrected chi connectivity index (χ3v) is 6.61. The number of ether oxygens (including phenoxy) is 1. The van der Waals surface area contributed by atoms with E-state index < -0.39 is 11.7 Å². The first-order valence-electron chi connectivity index (χ1n) is 12.7. The quantitative estimate of drug-likeness (QED) is 0.367. The van der Waals surface area contributed by atoms with E-state index in [0.29, 0.717) is 24.0 Å². The van der Waals surface area contributed by atoms with Crippen LogP contribution in [0.3, 0.4) is 0 Å². The predicted octanol–water partition coefficient (Wildman–Crippen LogP) is 5.87. The van der Waals surface area contributed by atoms with E-state index in [9.17, 15) is 14.9 Å². The third kappa shape index (κ3) is 6.08. The molecule has 1 saturated carbocycles. The Hall–Kier alpha value is -3.92. The van der Waals surface area contributed by atoms with Crippen molar-refractivity contribution in [3.05, 3.63) is 83.2 Å². The third-order valence-electron chi connectivity index (χ3n) is 6.61. The van der Waals surface area contributed by atoms with Gasteiger partial charge in [0.2, 0.25) is 0 Å². The van der Waals surface area contributed by atoms with E-state index in [1.165, 1.54) is 4.68 Å². The second kappa shape index (κ2) is 10.6. The van der Waals surface area contributed by atoms with Crippen LogP contribution in [0.25, 0.3) is 5.57 Å². The summed E-state index contributed by atoms with van der Waals surface area (Å²) in [5, 5.41) is 13.8. The number of rotatable bonds is 6. The Bertz CT molecular complexity index is 1300. The van der Waals surface area contributed by atoms with Gasteiger partial charge in [0, 0.05) is 29.4 Å². The molecule has 4 rings (SSSR count). The van der Waals surface area contributed by atoms with Crippen molar-refractivity contribution in [3.8, 4) is 6.07 Å². The van der Waals surface area contributed by atoms with Crippen LogP contribution in [0, 0.1) is 11.3 Å². The number of carbonyl (C=O) groups is 2. The zero-order valence-corrected chi connectivity index (χ0v) is 22.0. The highest BCUT2D eigenvalue weighted by molar-refractivity contribution is 5.95. The summed E-state index contributed by atoms with van der Waals surface area (Å²) in [7, 11) is 0. The smallest absolute Gasteiger partial charge is 0.435 e. The van der Waals surface area contributed by atoms with Gasteiger partial charge < -0.3 is 9.64 Å². The summed E-state index contributed by atoms with van der Waals surface area (Å²) in [6.07, 6.45) is 10.8. The molecule has 0 N–H and O–H groups in total. The summed E-state index contributed by atoms with van der Waals surface area (Å²) in [4.78, 5) is 28.2. The Morgan fingerprint density at radius 3 is 2.43 bits per heavy atom. The van der Waals surface area contributed by atoms with Crippen LogP contribution in [0.4, 0.5) is 4.79 Å². The highest BCUT2D eigenvalue weighted by atomic mass is 16.6. The number of nitriles is 1. The van der Waals surface area contributed by atoms with Crippen LogP contribution in [-0.2, 0) is 17.6 Å². The molecule has 1 heterocycles. The molecule has 7 nitrogen and oxygen atoms in total. The van der Waals surface area contributed by atoms with Gasteiger partial charge in [-0.3, -0.25) is 4.79 Å². The second-order valence-electron chi connectivity index (χ2n) is 10.7. The molecular weight excluding hydrogens is 464 g/mol. The normalized spacial score (nSPS) is 18.0. The van der Waals surface area contributed by atoms with Gasteiger partial charge in [-0.2, -0.15) is 15.0 Å². The van der Waals surface area contributed by atoms with Crippen molar-refractivity contribution in [2.45, 2.75) is 77.5 Å². The second-order valence-corrected chi connectivity index (χ2v) is 10.7. The van der Waals surface area contributed by atoms with Gasteiger partial charge in [0.15, 0.2) is 0 Å². The Morgan fingerprint density at radius 2 is 1.84 bits per heavy atom. The van der Waals surface area contributed by atoms with Crippen LogP contribution in [-0.4, -0.2) is 44.4 Å². The summed E-state index contributed by atoms with van der Waals surface area (Å²) in [6.45, 7) is 11.0. The molecule has 0 radical (unpaired) electrons. The summed E-state index contributed by atoms with van der Waals surface area (Å²) < 4.78 is 6.74. The number of aryl methyl sites for hydroxylation is 1. The molecule has 0 spiro atoms. The van der Waals surface area contributed by atoms with Crippen molar-refractivity contribution in [2.24, 2.45) is 0 Å². The highest BCUT2D eigenvalue weighted by Gasteiger charge is 2.39. The zero-order valence-electron chi connectivity index (χ0n) is 22.0. The number of amides is 1. The van der Waals surface area contributed by atoms with Gasteiger partial charge in [-0.25, -0.2) is 4.79 Å². The number of aromatic nitrogens is 2. The maximum atomic E-state index is 13.7. The minimum Gasteiger partial charge on any atom is -0.442 e. The lowest BCUT2D eigenvalue weighted by Gasteiger charge is -2.34. The van der Waals surface area contributed by atoms with E-state index in [1.807, 2.05) is 56.0 Å². The van der Waals surface area contributed by atoms with Crippen molar-refractivity contribution >= 4 is 17.6 Å². The number of benzene rings is 1. The number of hydrogen-bond donors (Lipinski definition) is 0. The molecule has 1 aromatic heterocycles. The molecule has 192 valence electrons. The molecule has 0 bridgehead atoms. The van der Waals surface area contributed by atoms with Crippen LogP contribution >= 0.6 is 0 Å². The molecule has 1 amide bonds. The van der Waals surface area contributed by atoms with Gasteiger partial charge >= 0.3 is 6.09 Å². The van der Waals surface area contributed by atoms with Crippen LogP contribution in [0.5, 0.6) is 0 Å². The fourth-order valence-electron chi connectivity index (χ4n) is 4.71. The predicted molar refractivity (Wildman–Crippen MR) is 143 cm³/mol. The van der Waals surface area contributed by atoms with E-state index in [2.05, 4.69) is 17.7 Å². The lowest BCUT2D eigenvalue weighted by Crippen LogP contribution is -2.44. The SMILES string of the molecule is C=C/C=C\C(=C(/C)C#N)c1ccc(C(=O)N(C2CC2)C2CCc3nn(C(=O)OC(C)(C)C)cc3C2)cc1. The van der Waals surface area contributed by atoms with E-state index in [-0.39, 0.29) is 18.0 Å². The van der Waals surface area contributed by atoms with E-state index in [4.69, 9.17) is 4.74 Å². The van der Waals surface area contributed by atoms with E-state index in [1.54, 1.807) is 25.3 Å². The standard InChI is InChI=1S/C30H34N4O3/c1-6-7-8-26(20(2)18-31)21-9-11-22(12-10-21)28(35)34(24-13-14-24)25-15-16-27-23(17-25)19-33(32-27)29(36)37-30(3,4)5/h6-12,19,24-25H,1,13-17H2,2-5H3/b8-7-,26-20-. The maximum Gasteiger partial charge on any atom is 0.435 e. The molecular formula is C30H34N4O3. The zero-order chi connectivity index (χ0) is 26.7. The number of fused-ring (bicyclic) bond motifs is 1. The Morgan fingerprint density at radius 1 is 1.16 bits per heavy atom. The Labute approximate surface area is 218 Å². The summed E-state index contributed by atoms with van der Waals surface area (Å²) in [6, 6.07) is 9.97. The van der Waals surface area contributed by atoms with Crippen LogP contribution in [0.1, 0.15) is 74.1 Å². The van der Waals surface area contributed by atoms with Gasteiger partial charge in [-0.15, -0.1) is 0 Å². The van der Waals surface area contributed by atoms with Gasteiger partial charge in [0.25, 0.3) is 5.91 Å². The molecule has 1 aromatic carbocycles. The molecule has 2 aliphatic carbocycles. The largest absolute Gasteiger partial charge is 0.442 e. The first kappa shape index (κ1) is 26.2. The first-order chi connectivity index (χ1) is 17.6. The minimum absolute atomic E-state index is 0.0196. The van der Waals surface area contributed by atoms with Crippen molar-refractivity contribution in [3.63, 3.8) is 0 Å². The lowest BCUT2D eigenvalue weighted by atomic mass is 9.91. The fraction of sp³-hybridized carbons (Fsp3) is 0.400. The first-order valence-corrected chi connectivity index (χ1v) is 12.7. The van der Waals surface area contributed by atoms with Gasteiger partial charge in [-0.05, 0) is 88.6 Å². The molecule has 2 aromatic rings. The van der Waals surface area contributed by atoms with Crippen molar-refractivity contribution in [1.29, 1.82) is 5.26 Å². The molecule has 2 aliphatic rings. The maximum absolute atomic E-state index is 13.7. The molecule has 0 saturated heterocycles. The van der Waals surface area contributed by atoms with Crippen LogP contribution in [0.2, 0.25) is 0 Å². The molecule has 1 unspecified atom stereocenters. The van der Waals surface area contributed by atoms with Gasteiger partial charge in [-0.1, -0.05) is 36.9 Å². The number of carbonyl (C=O) groups excluding carboxylic acids is 2. The fourth-order valence-corrected chi connectivity index (χ4v) is 4.71. The van der Waals surface area contributed by atoms with Crippen molar-refractivity contribution < 1.29 is 14.3 Å². The highest BCUT2D eigenvalue weighted by Crippen LogP contribution is 2.35. The summed E-state index contributed by atoms with van der Waals surface area (Å²) in [5.74, 6) is 0.0196.